The van der Waals surface area contributed by atoms with E-state index in [9.17, 15) is 0 Å². The van der Waals surface area contributed by atoms with Crippen molar-refractivity contribution < 1.29 is 0 Å². The summed E-state index contributed by atoms with van der Waals surface area (Å²) in [5.41, 5.74) is 8.40. The zero-order valence-electron chi connectivity index (χ0n) is 11.2. The second-order valence-corrected chi connectivity index (χ2v) is 6.16. The first kappa shape index (κ1) is 12.1. The lowest BCUT2D eigenvalue weighted by Crippen LogP contribution is -2.23. The molecule has 98 valence electrons. The number of aryl methyl sites for hydroxylation is 1. The summed E-state index contributed by atoms with van der Waals surface area (Å²) in [6.07, 6.45) is 9.31. The molecule has 2 aliphatic rings. The Hall–Kier alpha value is -0.960. The molecule has 0 aromatic carbocycles. The monoisotopic (exact) mass is 245 g/mol. The molecule has 1 heterocycles. The van der Waals surface area contributed by atoms with Crippen molar-refractivity contribution in [3.63, 3.8) is 0 Å². The molecule has 0 radical (unpaired) electrons. The molecule has 0 amide bonds. The van der Waals surface area contributed by atoms with Crippen molar-refractivity contribution in [2.45, 2.75) is 51.4 Å². The number of hydrogen-bond acceptors (Lipinski definition) is 3. The fourth-order valence-corrected chi connectivity index (χ4v) is 3.44. The van der Waals surface area contributed by atoms with Crippen LogP contribution >= 0.6 is 0 Å². The van der Waals surface area contributed by atoms with E-state index in [-0.39, 0.29) is 0 Å². The minimum atomic E-state index is 0.609. The summed E-state index contributed by atoms with van der Waals surface area (Å²) < 4.78 is 0. The van der Waals surface area contributed by atoms with Crippen molar-refractivity contribution in [2.75, 3.05) is 6.54 Å². The Kier molecular flexibility index (Phi) is 3.33. The van der Waals surface area contributed by atoms with Crippen LogP contribution in [0.15, 0.2) is 6.20 Å². The van der Waals surface area contributed by atoms with Crippen LogP contribution in [0.1, 0.15) is 55.6 Å². The van der Waals surface area contributed by atoms with Gasteiger partial charge in [0.05, 0.1) is 0 Å². The molecule has 3 atom stereocenters. The average molecular weight is 245 g/mol. The molecule has 18 heavy (non-hydrogen) atoms. The molecule has 0 spiro atoms. The Morgan fingerprint density at radius 3 is 2.94 bits per heavy atom. The highest BCUT2D eigenvalue weighted by molar-refractivity contribution is 5.22. The van der Waals surface area contributed by atoms with Crippen LogP contribution in [-0.4, -0.2) is 16.5 Å². The minimum absolute atomic E-state index is 0.609. The van der Waals surface area contributed by atoms with Gasteiger partial charge < -0.3 is 5.73 Å². The second-order valence-electron chi connectivity index (χ2n) is 6.16. The van der Waals surface area contributed by atoms with Gasteiger partial charge in [-0.1, -0.05) is 6.92 Å². The smallest absolute Gasteiger partial charge is 0.131 e. The van der Waals surface area contributed by atoms with Crippen LogP contribution in [0.25, 0.3) is 0 Å². The van der Waals surface area contributed by atoms with E-state index in [0.717, 1.165) is 31.1 Å². The van der Waals surface area contributed by atoms with Gasteiger partial charge in [0.2, 0.25) is 0 Å². The van der Waals surface area contributed by atoms with Gasteiger partial charge >= 0.3 is 0 Å². The van der Waals surface area contributed by atoms with Gasteiger partial charge in [0.1, 0.15) is 5.82 Å². The summed E-state index contributed by atoms with van der Waals surface area (Å²) in [6.45, 7) is 3.13. The highest BCUT2D eigenvalue weighted by atomic mass is 14.9. The predicted molar refractivity (Wildman–Crippen MR) is 72.4 cm³/mol. The number of rotatable bonds is 2. The highest BCUT2D eigenvalue weighted by Crippen LogP contribution is 2.36. The molecule has 2 aliphatic carbocycles. The van der Waals surface area contributed by atoms with Gasteiger partial charge in [-0.25, -0.2) is 9.97 Å². The zero-order chi connectivity index (χ0) is 12.5. The quantitative estimate of drug-likeness (QED) is 0.870. The van der Waals surface area contributed by atoms with E-state index in [2.05, 4.69) is 18.1 Å². The first-order valence-electron chi connectivity index (χ1n) is 7.31. The molecule has 3 rings (SSSR count). The number of aromatic nitrogens is 2. The summed E-state index contributed by atoms with van der Waals surface area (Å²) in [5.74, 6) is 3.19. The Bertz CT molecular complexity index is 430. The van der Waals surface area contributed by atoms with Crippen molar-refractivity contribution in [2.24, 2.45) is 17.6 Å². The van der Waals surface area contributed by atoms with Crippen LogP contribution in [0.2, 0.25) is 0 Å². The molecule has 1 saturated carbocycles. The molecule has 1 aromatic heterocycles. The number of fused-ring (bicyclic) bond motifs is 1. The molecule has 2 N–H and O–H groups in total. The van der Waals surface area contributed by atoms with Gasteiger partial charge in [-0.2, -0.15) is 0 Å². The van der Waals surface area contributed by atoms with Crippen LogP contribution < -0.4 is 5.73 Å². The standard InChI is InChI=1S/C15H23N3/c1-10-2-4-12(6-10)15-17-9-13-7-11(8-16)3-5-14(13)18-15/h9-12H,2-8,16H2,1H3. The van der Waals surface area contributed by atoms with Crippen molar-refractivity contribution in [3.05, 3.63) is 23.3 Å². The molecule has 0 aliphatic heterocycles. The summed E-state index contributed by atoms with van der Waals surface area (Å²) in [4.78, 5) is 9.47. The largest absolute Gasteiger partial charge is 0.330 e. The van der Waals surface area contributed by atoms with Gasteiger partial charge in [0.25, 0.3) is 0 Å². The van der Waals surface area contributed by atoms with E-state index in [1.807, 2.05) is 0 Å². The third-order valence-corrected chi connectivity index (χ3v) is 4.66. The number of nitrogens with zero attached hydrogens (tertiary/aromatic N) is 2. The maximum absolute atomic E-state index is 5.76. The van der Waals surface area contributed by atoms with Crippen molar-refractivity contribution in [1.29, 1.82) is 0 Å². The Balaban J connectivity index is 1.79. The lowest BCUT2D eigenvalue weighted by atomic mass is 9.87. The van der Waals surface area contributed by atoms with E-state index >= 15 is 0 Å². The van der Waals surface area contributed by atoms with Gasteiger partial charge in [-0.3, -0.25) is 0 Å². The van der Waals surface area contributed by atoms with Crippen LogP contribution in [0.5, 0.6) is 0 Å². The molecule has 0 saturated heterocycles. The summed E-state index contributed by atoms with van der Waals surface area (Å²) >= 11 is 0. The molecule has 3 unspecified atom stereocenters. The second kappa shape index (κ2) is 4.96. The fourth-order valence-electron chi connectivity index (χ4n) is 3.44. The van der Waals surface area contributed by atoms with E-state index in [1.54, 1.807) is 0 Å². The maximum atomic E-state index is 5.76. The maximum Gasteiger partial charge on any atom is 0.131 e. The molecular weight excluding hydrogens is 222 g/mol. The Morgan fingerprint density at radius 1 is 1.33 bits per heavy atom. The molecule has 3 nitrogen and oxygen atoms in total. The van der Waals surface area contributed by atoms with Gasteiger partial charge in [-0.15, -0.1) is 0 Å². The van der Waals surface area contributed by atoms with Gasteiger partial charge in [0, 0.05) is 17.8 Å². The lowest BCUT2D eigenvalue weighted by molar-refractivity contribution is 0.458. The van der Waals surface area contributed by atoms with E-state index in [1.165, 1.54) is 36.9 Å². The van der Waals surface area contributed by atoms with Crippen molar-refractivity contribution in [3.8, 4) is 0 Å². The Morgan fingerprint density at radius 2 is 2.22 bits per heavy atom. The first-order chi connectivity index (χ1) is 8.76. The lowest BCUT2D eigenvalue weighted by Gasteiger charge is -2.23. The topological polar surface area (TPSA) is 51.8 Å². The van der Waals surface area contributed by atoms with Crippen LogP contribution in [0.3, 0.4) is 0 Å². The van der Waals surface area contributed by atoms with E-state index < -0.39 is 0 Å². The van der Waals surface area contributed by atoms with Crippen LogP contribution in [-0.2, 0) is 12.8 Å². The summed E-state index contributed by atoms with van der Waals surface area (Å²) in [5, 5.41) is 0. The van der Waals surface area contributed by atoms with E-state index in [4.69, 9.17) is 10.7 Å². The van der Waals surface area contributed by atoms with Crippen molar-refractivity contribution >= 4 is 0 Å². The number of nitrogens with two attached hydrogens (primary N) is 1. The average Bonchev–Trinajstić information content (AvgIpc) is 2.84. The van der Waals surface area contributed by atoms with Crippen LogP contribution in [0.4, 0.5) is 0 Å². The highest BCUT2D eigenvalue weighted by Gasteiger charge is 2.26. The summed E-state index contributed by atoms with van der Waals surface area (Å²) in [7, 11) is 0. The summed E-state index contributed by atoms with van der Waals surface area (Å²) in [6, 6.07) is 0. The first-order valence-corrected chi connectivity index (χ1v) is 7.31. The molecule has 3 heteroatoms. The molecule has 0 bridgehead atoms. The molecule has 1 fully saturated rings. The van der Waals surface area contributed by atoms with Gasteiger partial charge in [-0.05, 0) is 62.5 Å². The SMILES string of the molecule is CC1CCC(c2ncc3c(n2)CCC(CN)C3)C1. The third kappa shape index (κ3) is 2.28. The van der Waals surface area contributed by atoms with Gasteiger partial charge in [0.15, 0.2) is 0 Å². The normalized spacial score (nSPS) is 31.3. The Labute approximate surface area is 109 Å². The van der Waals surface area contributed by atoms with E-state index in [0.29, 0.717) is 11.8 Å². The zero-order valence-corrected chi connectivity index (χ0v) is 11.2. The minimum Gasteiger partial charge on any atom is -0.330 e. The van der Waals surface area contributed by atoms with Crippen molar-refractivity contribution in [1.82, 2.24) is 9.97 Å². The predicted octanol–water partition coefficient (Wildman–Crippen LogP) is 2.44. The third-order valence-electron chi connectivity index (χ3n) is 4.66. The molecular formula is C15H23N3. The number of hydrogen-bond donors (Lipinski definition) is 1. The fraction of sp³-hybridized carbons (Fsp3) is 0.733. The molecule has 1 aromatic rings. The van der Waals surface area contributed by atoms with Crippen LogP contribution in [0, 0.1) is 11.8 Å².